The Bertz CT molecular complexity index is 1430. The van der Waals surface area contributed by atoms with E-state index in [0.717, 1.165) is 10.6 Å². The summed E-state index contributed by atoms with van der Waals surface area (Å²) in [6.45, 7) is 0. The fourth-order valence-electron chi connectivity index (χ4n) is 3.73. The molecule has 1 N–H and O–H groups in total. The molecule has 0 saturated carbocycles. The molecule has 182 valence electrons. The summed E-state index contributed by atoms with van der Waals surface area (Å²) in [6, 6.07) is 16.4. The van der Waals surface area contributed by atoms with Gasteiger partial charge in [-0.3, -0.25) is 9.36 Å². The van der Waals surface area contributed by atoms with Crippen molar-refractivity contribution in [1.29, 1.82) is 0 Å². The molecule has 4 nitrogen and oxygen atoms in total. The Morgan fingerprint density at radius 2 is 1.51 bits per heavy atom. The number of nitrogens with zero attached hydrogens (tertiary/aromatic N) is 2. The zero-order valence-electron chi connectivity index (χ0n) is 17.5. The number of benzene rings is 3. The fraction of sp³-hybridized carbons (Fsp3) is 0.167. The van der Waals surface area contributed by atoms with Crippen molar-refractivity contribution in [1.82, 2.24) is 9.55 Å². The highest BCUT2D eigenvalue weighted by Crippen LogP contribution is 2.50. The average molecular weight is 557 g/mol. The molecule has 0 aliphatic rings. The molecule has 0 amide bonds. The monoisotopic (exact) mass is 556 g/mol. The first-order valence-electron chi connectivity index (χ1n) is 10.0. The van der Waals surface area contributed by atoms with Gasteiger partial charge in [-0.05, 0) is 35.9 Å². The highest BCUT2D eigenvalue weighted by molar-refractivity contribution is 9.10. The van der Waals surface area contributed by atoms with Crippen LogP contribution in [0, 0.1) is 0 Å². The molecule has 0 unspecified atom stereocenters. The Morgan fingerprint density at radius 3 is 2.14 bits per heavy atom. The number of hydrogen-bond donors (Lipinski definition) is 1. The number of fused-ring (bicyclic) bond motifs is 1. The number of hydrogen-bond acceptors (Lipinski definition) is 3. The summed E-state index contributed by atoms with van der Waals surface area (Å²) in [7, 11) is 0. The van der Waals surface area contributed by atoms with Gasteiger partial charge in [0.2, 0.25) is 0 Å². The molecule has 1 aromatic heterocycles. The van der Waals surface area contributed by atoms with Crippen LogP contribution in [-0.4, -0.2) is 27.0 Å². The van der Waals surface area contributed by atoms with Crippen LogP contribution in [0.25, 0.3) is 16.6 Å². The van der Waals surface area contributed by atoms with E-state index >= 15 is 0 Å². The van der Waals surface area contributed by atoms with E-state index in [0.29, 0.717) is 27.7 Å². The lowest BCUT2D eigenvalue weighted by atomic mass is 9.92. The number of alkyl halides is 6. The summed E-state index contributed by atoms with van der Waals surface area (Å²) < 4.78 is 82.3. The second-order valence-corrected chi connectivity index (χ2v) is 8.66. The maximum absolute atomic E-state index is 13.5. The van der Waals surface area contributed by atoms with Crippen LogP contribution in [0.1, 0.15) is 17.0 Å². The smallest absolute Gasteiger partial charge is 0.369 e. The Kier molecular flexibility index (Phi) is 6.26. The second kappa shape index (κ2) is 8.80. The number of halogens is 7. The van der Waals surface area contributed by atoms with Gasteiger partial charge in [0, 0.05) is 16.5 Å². The fourth-order valence-corrected chi connectivity index (χ4v) is 4.08. The van der Waals surface area contributed by atoms with E-state index in [1.807, 2.05) is 0 Å². The molecule has 1 heterocycles. The van der Waals surface area contributed by atoms with E-state index in [1.165, 1.54) is 12.1 Å². The van der Waals surface area contributed by atoms with Crippen molar-refractivity contribution in [2.24, 2.45) is 0 Å². The van der Waals surface area contributed by atoms with Gasteiger partial charge in [-0.15, -0.1) is 0 Å². The van der Waals surface area contributed by atoms with Crippen LogP contribution in [0.4, 0.5) is 26.3 Å². The minimum Gasteiger partial charge on any atom is -0.369 e. The maximum Gasteiger partial charge on any atom is 0.430 e. The normalized spacial score (nSPS) is 12.8. The Labute approximate surface area is 202 Å². The third-order valence-corrected chi connectivity index (χ3v) is 5.94. The summed E-state index contributed by atoms with van der Waals surface area (Å²) >= 11 is 3.29. The van der Waals surface area contributed by atoms with Gasteiger partial charge in [-0.1, -0.05) is 58.4 Å². The quantitative estimate of drug-likeness (QED) is 0.311. The second-order valence-electron chi connectivity index (χ2n) is 7.75. The highest BCUT2D eigenvalue weighted by atomic mass is 79.9. The largest absolute Gasteiger partial charge is 0.430 e. The van der Waals surface area contributed by atoms with Crippen molar-refractivity contribution in [3.05, 3.63) is 105 Å². The number of rotatable bonds is 4. The lowest BCUT2D eigenvalue weighted by molar-refractivity contribution is -0.376. The van der Waals surface area contributed by atoms with E-state index in [1.54, 1.807) is 42.5 Å². The molecule has 0 bridgehead atoms. The van der Waals surface area contributed by atoms with Crippen molar-refractivity contribution >= 4 is 26.8 Å². The summed E-state index contributed by atoms with van der Waals surface area (Å²) in [5.74, 6) is 0.0894. The zero-order chi connectivity index (χ0) is 25.6. The molecule has 0 saturated heterocycles. The predicted molar refractivity (Wildman–Crippen MR) is 120 cm³/mol. The van der Waals surface area contributed by atoms with Gasteiger partial charge in [0.05, 0.1) is 16.6 Å². The first-order chi connectivity index (χ1) is 16.3. The minimum atomic E-state index is -6.06. The van der Waals surface area contributed by atoms with E-state index in [2.05, 4.69) is 20.9 Å². The highest BCUT2D eigenvalue weighted by Gasteiger charge is 2.71. The van der Waals surface area contributed by atoms with Crippen molar-refractivity contribution in [3.8, 4) is 5.69 Å². The van der Waals surface area contributed by atoms with Gasteiger partial charge in [0.25, 0.3) is 11.2 Å². The molecule has 11 heteroatoms. The van der Waals surface area contributed by atoms with E-state index in [4.69, 9.17) is 0 Å². The van der Waals surface area contributed by atoms with Gasteiger partial charge in [0.1, 0.15) is 5.82 Å². The van der Waals surface area contributed by atoms with Crippen LogP contribution >= 0.6 is 15.9 Å². The molecular weight excluding hydrogens is 542 g/mol. The van der Waals surface area contributed by atoms with E-state index in [-0.39, 0.29) is 23.3 Å². The number of aromatic nitrogens is 2. The van der Waals surface area contributed by atoms with Gasteiger partial charge in [-0.2, -0.15) is 26.3 Å². The van der Waals surface area contributed by atoms with E-state index in [9.17, 15) is 36.2 Å². The Hall–Kier alpha value is -3.18. The van der Waals surface area contributed by atoms with Crippen molar-refractivity contribution in [3.63, 3.8) is 0 Å². The van der Waals surface area contributed by atoms with Crippen LogP contribution in [0.3, 0.4) is 0 Å². The molecule has 0 aliphatic heterocycles. The third kappa shape index (κ3) is 4.45. The van der Waals surface area contributed by atoms with Gasteiger partial charge in [0.15, 0.2) is 0 Å². The third-order valence-electron chi connectivity index (χ3n) is 5.45. The molecule has 0 fully saturated rings. The summed E-state index contributed by atoms with van der Waals surface area (Å²) in [5, 5.41) is 9.95. The summed E-state index contributed by atoms with van der Waals surface area (Å²) in [6.07, 6.45) is -12.1. The average Bonchev–Trinajstić information content (AvgIpc) is 2.77. The van der Waals surface area contributed by atoms with Crippen LogP contribution in [0.15, 0.2) is 82.1 Å². The van der Waals surface area contributed by atoms with Crippen molar-refractivity contribution in [2.45, 2.75) is 24.4 Å². The van der Waals surface area contributed by atoms with Crippen LogP contribution < -0.4 is 5.56 Å². The molecule has 35 heavy (non-hydrogen) atoms. The predicted octanol–water partition coefficient (Wildman–Crippen LogP) is 6.05. The molecular formula is C24H15BrF6N2O2. The zero-order valence-corrected chi connectivity index (χ0v) is 19.1. The number of aliphatic hydroxyl groups is 1. The van der Waals surface area contributed by atoms with Crippen LogP contribution in [-0.2, 0) is 12.0 Å². The van der Waals surface area contributed by atoms with E-state index < -0.39 is 29.1 Å². The molecule has 3 aromatic carbocycles. The maximum atomic E-state index is 13.5. The molecule has 0 radical (unpaired) electrons. The Balaban J connectivity index is 1.99. The molecule has 0 aliphatic carbocycles. The summed E-state index contributed by atoms with van der Waals surface area (Å²) in [4.78, 5) is 17.9. The standard InChI is InChI=1S/C24H15BrF6N2O2/c25-16-9-10-18-19(13-16)32-20(11-14-5-2-1-3-6-14)33(21(18)34)17-8-4-7-15(12-17)22(35,23(26,27)28)24(29,30)31/h1-10,12-13,35H,11H2. The van der Waals surface area contributed by atoms with Gasteiger partial charge < -0.3 is 5.11 Å². The lowest BCUT2D eigenvalue weighted by Gasteiger charge is -2.33. The summed E-state index contributed by atoms with van der Waals surface area (Å²) in [5.41, 5.74) is -6.58. The van der Waals surface area contributed by atoms with Crippen molar-refractivity contribution in [2.75, 3.05) is 0 Å². The topological polar surface area (TPSA) is 55.1 Å². The van der Waals surface area contributed by atoms with Crippen LogP contribution in [0.2, 0.25) is 0 Å². The Morgan fingerprint density at radius 1 is 0.857 bits per heavy atom. The van der Waals surface area contributed by atoms with Crippen molar-refractivity contribution < 1.29 is 31.4 Å². The molecule has 4 rings (SSSR count). The SMILES string of the molecule is O=c1c2ccc(Br)cc2nc(Cc2ccccc2)n1-c1cccc(C(O)(C(F)(F)F)C(F)(F)F)c1. The van der Waals surface area contributed by atoms with Gasteiger partial charge >= 0.3 is 12.4 Å². The molecule has 0 atom stereocenters. The van der Waals surface area contributed by atoms with Crippen LogP contribution in [0.5, 0.6) is 0 Å². The van der Waals surface area contributed by atoms with Gasteiger partial charge in [-0.25, -0.2) is 4.98 Å². The minimum absolute atomic E-state index is 0.0611. The first-order valence-corrected chi connectivity index (χ1v) is 10.8. The molecule has 0 spiro atoms. The lowest BCUT2D eigenvalue weighted by Crippen LogP contribution is -2.54. The molecule has 4 aromatic rings. The first kappa shape index (κ1) is 24.9.